The van der Waals surface area contributed by atoms with Crippen LogP contribution < -0.4 is 15.4 Å². The number of hydrogen-bond donors (Lipinski definition) is 2. The van der Waals surface area contributed by atoms with E-state index in [0.717, 1.165) is 24.8 Å². The lowest BCUT2D eigenvalue weighted by molar-refractivity contribution is 0.414. The van der Waals surface area contributed by atoms with E-state index in [9.17, 15) is 0 Å². The predicted molar refractivity (Wildman–Crippen MR) is 80.7 cm³/mol. The normalized spacial score (nSPS) is 11.2. The monoisotopic (exact) mass is 263 g/mol. The minimum absolute atomic E-state index is 0.741. The Kier molecular flexibility index (Phi) is 7.47. The Bertz CT molecular complexity index is 391. The van der Waals surface area contributed by atoms with E-state index in [-0.39, 0.29) is 0 Å². The molecule has 0 unspecified atom stereocenters. The SMILES string of the molecule is CCCCCNC(=NC)NCc1cccc(OC)c1. The fraction of sp³-hybridized carbons (Fsp3) is 0.533. The van der Waals surface area contributed by atoms with Crippen molar-refractivity contribution in [2.45, 2.75) is 32.7 Å². The highest BCUT2D eigenvalue weighted by Crippen LogP contribution is 2.11. The topological polar surface area (TPSA) is 45.7 Å². The van der Waals surface area contributed by atoms with Gasteiger partial charge in [-0.3, -0.25) is 4.99 Å². The van der Waals surface area contributed by atoms with Crippen LogP contribution in [0.4, 0.5) is 0 Å². The quantitative estimate of drug-likeness (QED) is 0.451. The molecule has 0 fully saturated rings. The van der Waals surface area contributed by atoms with E-state index in [1.54, 1.807) is 14.2 Å². The van der Waals surface area contributed by atoms with Gasteiger partial charge in [0.15, 0.2) is 5.96 Å². The molecule has 0 heterocycles. The summed E-state index contributed by atoms with van der Waals surface area (Å²) in [7, 11) is 3.47. The van der Waals surface area contributed by atoms with Gasteiger partial charge < -0.3 is 15.4 Å². The first kappa shape index (κ1) is 15.3. The molecule has 0 saturated carbocycles. The van der Waals surface area contributed by atoms with Crippen LogP contribution in [0.25, 0.3) is 0 Å². The fourth-order valence-corrected chi connectivity index (χ4v) is 1.77. The molecule has 0 aliphatic heterocycles. The molecular formula is C15H25N3O. The van der Waals surface area contributed by atoms with Crippen molar-refractivity contribution in [1.82, 2.24) is 10.6 Å². The number of guanidine groups is 1. The summed E-state index contributed by atoms with van der Waals surface area (Å²) in [5, 5.41) is 6.61. The van der Waals surface area contributed by atoms with Crippen LogP contribution in [0, 0.1) is 0 Å². The molecule has 1 aromatic rings. The molecule has 1 aromatic carbocycles. The van der Waals surface area contributed by atoms with Crippen LogP contribution in [0.5, 0.6) is 5.75 Å². The smallest absolute Gasteiger partial charge is 0.191 e. The molecule has 0 aromatic heterocycles. The van der Waals surface area contributed by atoms with Gasteiger partial charge in [-0.1, -0.05) is 31.9 Å². The van der Waals surface area contributed by atoms with Crippen LogP contribution in [0.1, 0.15) is 31.7 Å². The second kappa shape index (κ2) is 9.25. The molecule has 0 aliphatic carbocycles. The first-order valence-electron chi connectivity index (χ1n) is 6.87. The largest absolute Gasteiger partial charge is 0.497 e. The van der Waals surface area contributed by atoms with Gasteiger partial charge in [0, 0.05) is 20.1 Å². The van der Waals surface area contributed by atoms with Crippen LogP contribution >= 0.6 is 0 Å². The van der Waals surface area contributed by atoms with Gasteiger partial charge in [-0.15, -0.1) is 0 Å². The van der Waals surface area contributed by atoms with E-state index in [1.807, 2.05) is 18.2 Å². The Morgan fingerprint density at radius 2 is 2.11 bits per heavy atom. The van der Waals surface area contributed by atoms with Gasteiger partial charge in [-0.2, -0.15) is 0 Å². The van der Waals surface area contributed by atoms with Crippen LogP contribution in [-0.4, -0.2) is 26.7 Å². The van der Waals surface area contributed by atoms with Crippen LogP contribution in [0.3, 0.4) is 0 Å². The van der Waals surface area contributed by atoms with Crippen LogP contribution in [0.2, 0.25) is 0 Å². The number of unbranched alkanes of at least 4 members (excludes halogenated alkanes) is 2. The van der Waals surface area contributed by atoms with Gasteiger partial charge >= 0.3 is 0 Å². The molecular weight excluding hydrogens is 238 g/mol. The fourth-order valence-electron chi connectivity index (χ4n) is 1.77. The lowest BCUT2D eigenvalue weighted by atomic mass is 10.2. The van der Waals surface area contributed by atoms with E-state index in [2.05, 4.69) is 28.6 Å². The van der Waals surface area contributed by atoms with Crippen LogP contribution in [0.15, 0.2) is 29.3 Å². The zero-order valence-corrected chi connectivity index (χ0v) is 12.2. The molecule has 0 saturated heterocycles. The number of ether oxygens (including phenoxy) is 1. The third kappa shape index (κ3) is 6.13. The third-order valence-corrected chi connectivity index (χ3v) is 2.89. The zero-order valence-electron chi connectivity index (χ0n) is 12.2. The maximum Gasteiger partial charge on any atom is 0.191 e. The van der Waals surface area contributed by atoms with Crippen molar-refractivity contribution in [1.29, 1.82) is 0 Å². The molecule has 0 bridgehead atoms. The second-order valence-corrected chi connectivity index (χ2v) is 4.41. The molecule has 106 valence electrons. The number of benzene rings is 1. The van der Waals surface area contributed by atoms with Gasteiger partial charge in [-0.25, -0.2) is 0 Å². The number of nitrogens with one attached hydrogen (secondary N) is 2. The maximum absolute atomic E-state index is 5.21. The molecule has 0 atom stereocenters. The highest BCUT2D eigenvalue weighted by atomic mass is 16.5. The second-order valence-electron chi connectivity index (χ2n) is 4.41. The summed E-state index contributed by atoms with van der Waals surface area (Å²) in [4.78, 5) is 4.21. The molecule has 0 amide bonds. The molecule has 4 nitrogen and oxygen atoms in total. The van der Waals surface area contributed by atoms with Gasteiger partial charge in [0.1, 0.15) is 5.75 Å². The average molecular weight is 263 g/mol. The number of rotatable bonds is 7. The van der Waals surface area contributed by atoms with E-state index < -0.39 is 0 Å². The van der Waals surface area contributed by atoms with Gasteiger partial charge in [-0.05, 0) is 24.1 Å². The molecule has 19 heavy (non-hydrogen) atoms. The van der Waals surface area contributed by atoms with Gasteiger partial charge in [0.2, 0.25) is 0 Å². The summed E-state index contributed by atoms with van der Waals surface area (Å²) in [6.45, 7) is 3.91. The number of nitrogens with zero attached hydrogens (tertiary/aromatic N) is 1. The standard InChI is InChI=1S/C15H25N3O/c1-4-5-6-10-17-15(16-2)18-12-13-8-7-9-14(11-13)19-3/h7-9,11H,4-6,10,12H2,1-3H3,(H2,16,17,18). The van der Waals surface area contributed by atoms with Crippen molar-refractivity contribution in [3.05, 3.63) is 29.8 Å². The lowest BCUT2D eigenvalue weighted by Gasteiger charge is -2.12. The summed E-state index contributed by atoms with van der Waals surface area (Å²) >= 11 is 0. The van der Waals surface area contributed by atoms with Crippen molar-refractivity contribution < 1.29 is 4.74 Å². The third-order valence-electron chi connectivity index (χ3n) is 2.89. The Labute approximate surface area is 116 Å². The van der Waals surface area contributed by atoms with E-state index in [4.69, 9.17) is 4.74 Å². The Morgan fingerprint density at radius 1 is 1.26 bits per heavy atom. The molecule has 0 radical (unpaired) electrons. The van der Waals surface area contributed by atoms with E-state index in [1.165, 1.54) is 24.8 Å². The van der Waals surface area contributed by atoms with Crippen LogP contribution in [-0.2, 0) is 6.54 Å². The van der Waals surface area contributed by atoms with Crippen molar-refractivity contribution in [3.8, 4) is 5.75 Å². The van der Waals surface area contributed by atoms with E-state index in [0.29, 0.717) is 0 Å². The molecule has 2 N–H and O–H groups in total. The van der Waals surface area contributed by atoms with Crippen molar-refractivity contribution in [2.24, 2.45) is 4.99 Å². The van der Waals surface area contributed by atoms with Crippen molar-refractivity contribution >= 4 is 5.96 Å². The zero-order chi connectivity index (χ0) is 13.9. The molecule has 1 rings (SSSR count). The Balaban J connectivity index is 2.36. The summed E-state index contributed by atoms with van der Waals surface area (Å²) in [5.41, 5.74) is 1.18. The summed E-state index contributed by atoms with van der Waals surface area (Å²) in [6, 6.07) is 8.03. The minimum Gasteiger partial charge on any atom is -0.497 e. The highest BCUT2D eigenvalue weighted by Gasteiger charge is 1.99. The van der Waals surface area contributed by atoms with Gasteiger partial charge in [0.05, 0.1) is 7.11 Å². The van der Waals surface area contributed by atoms with Gasteiger partial charge in [0.25, 0.3) is 0 Å². The average Bonchev–Trinajstić information content (AvgIpc) is 2.47. The summed E-state index contributed by atoms with van der Waals surface area (Å²) in [6.07, 6.45) is 3.66. The number of aliphatic imine (C=N–C) groups is 1. The maximum atomic E-state index is 5.21. The molecule has 0 aliphatic rings. The molecule has 4 heteroatoms. The lowest BCUT2D eigenvalue weighted by Crippen LogP contribution is -2.37. The van der Waals surface area contributed by atoms with Crippen molar-refractivity contribution in [3.63, 3.8) is 0 Å². The minimum atomic E-state index is 0.741. The number of hydrogen-bond acceptors (Lipinski definition) is 2. The Morgan fingerprint density at radius 3 is 2.79 bits per heavy atom. The highest BCUT2D eigenvalue weighted by molar-refractivity contribution is 5.79. The first-order chi connectivity index (χ1) is 9.30. The Hall–Kier alpha value is -1.71. The van der Waals surface area contributed by atoms with Crippen molar-refractivity contribution in [2.75, 3.05) is 20.7 Å². The van der Waals surface area contributed by atoms with E-state index >= 15 is 0 Å². The predicted octanol–water partition coefficient (Wildman–Crippen LogP) is 2.55. The summed E-state index contributed by atoms with van der Waals surface area (Å²) < 4.78 is 5.21. The molecule has 0 spiro atoms. The first-order valence-corrected chi connectivity index (χ1v) is 6.87. The summed E-state index contributed by atoms with van der Waals surface area (Å²) in [5.74, 6) is 1.73. The number of methoxy groups -OCH3 is 1.